The van der Waals surface area contributed by atoms with Gasteiger partial charge < -0.3 is 0 Å². The summed E-state index contributed by atoms with van der Waals surface area (Å²) in [5.41, 5.74) is 1.33. The Kier molecular flexibility index (Phi) is 1.72. The van der Waals surface area contributed by atoms with Crippen LogP contribution in [0.1, 0.15) is 20.8 Å². The second-order valence-corrected chi connectivity index (χ2v) is 4.48. The van der Waals surface area contributed by atoms with E-state index < -0.39 is 0 Å². The topological polar surface area (TPSA) is 15.4 Å². The first kappa shape index (κ1) is 8.42. The average molecular weight is 175 g/mol. The molecule has 2 heterocycles. The van der Waals surface area contributed by atoms with Crippen molar-refractivity contribution in [3.63, 3.8) is 0 Å². The van der Waals surface area contributed by atoms with Gasteiger partial charge in [-0.25, -0.2) is 4.99 Å². The van der Waals surface area contributed by atoms with Crippen LogP contribution in [0.2, 0.25) is 0 Å². The third-order valence-electron chi connectivity index (χ3n) is 2.27. The Morgan fingerprint density at radius 2 is 2.08 bits per heavy atom. The number of allylic oxidation sites excluding steroid dienone is 2. The molecule has 0 saturated carbocycles. The molecular formula is C11H15N2+. The highest BCUT2D eigenvalue weighted by atomic mass is 15.2. The lowest BCUT2D eigenvalue weighted by Crippen LogP contribution is -2.21. The molecule has 2 nitrogen and oxygen atoms in total. The third-order valence-corrected chi connectivity index (χ3v) is 2.27. The Labute approximate surface area is 79.0 Å². The summed E-state index contributed by atoms with van der Waals surface area (Å²) in [6, 6.07) is 0. The molecule has 0 saturated heterocycles. The molecule has 0 aromatic rings. The van der Waals surface area contributed by atoms with Gasteiger partial charge in [-0.3, -0.25) is 0 Å². The van der Waals surface area contributed by atoms with Crippen molar-refractivity contribution >= 4 is 11.9 Å². The van der Waals surface area contributed by atoms with Gasteiger partial charge in [0.25, 0.3) is 6.17 Å². The maximum absolute atomic E-state index is 4.63. The fourth-order valence-electron chi connectivity index (χ4n) is 1.43. The van der Waals surface area contributed by atoms with Gasteiger partial charge >= 0.3 is 0 Å². The van der Waals surface area contributed by atoms with Gasteiger partial charge in [0.15, 0.2) is 12.4 Å². The normalized spacial score (nSPS) is 25.6. The number of fused-ring (bicyclic) bond motifs is 1. The van der Waals surface area contributed by atoms with E-state index in [1.165, 1.54) is 5.71 Å². The molecule has 0 amide bonds. The van der Waals surface area contributed by atoms with Crippen molar-refractivity contribution in [2.45, 2.75) is 26.9 Å². The van der Waals surface area contributed by atoms with E-state index in [4.69, 9.17) is 0 Å². The zero-order valence-electron chi connectivity index (χ0n) is 8.36. The first-order valence-corrected chi connectivity index (χ1v) is 4.63. The first-order valence-electron chi connectivity index (χ1n) is 4.63. The molecular weight excluding hydrogens is 160 g/mol. The molecule has 0 radical (unpaired) electrons. The fourth-order valence-corrected chi connectivity index (χ4v) is 1.43. The van der Waals surface area contributed by atoms with Crippen LogP contribution in [0.3, 0.4) is 0 Å². The second-order valence-electron chi connectivity index (χ2n) is 4.48. The highest BCUT2D eigenvalue weighted by molar-refractivity contribution is 6.31. The molecule has 13 heavy (non-hydrogen) atoms. The van der Waals surface area contributed by atoms with E-state index >= 15 is 0 Å². The minimum absolute atomic E-state index is 0.152. The van der Waals surface area contributed by atoms with E-state index in [0.29, 0.717) is 0 Å². The van der Waals surface area contributed by atoms with E-state index in [-0.39, 0.29) is 11.6 Å². The van der Waals surface area contributed by atoms with Crippen LogP contribution in [0.15, 0.2) is 29.4 Å². The van der Waals surface area contributed by atoms with Crippen LogP contribution in [-0.2, 0) is 0 Å². The third kappa shape index (κ3) is 1.48. The number of rotatable bonds is 0. The summed E-state index contributed by atoms with van der Waals surface area (Å²) in [6.45, 7) is 6.57. The second kappa shape index (κ2) is 2.66. The van der Waals surface area contributed by atoms with Gasteiger partial charge in [-0.1, -0.05) is 26.8 Å². The smallest absolute Gasteiger partial charge is 0.211 e. The molecule has 0 aromatic heterocycles. The standard InChI is InChI=1S/C11H15N2/c1-11(2,3)9-8-13-7-5-4-6-10(13)12-9/h4-8,10H,1-3H3/q+1. The lowest BCUT2D eigenvalue weighted by Gasteiger charge is -2.13. The predicted molar refractivity (Wildman–Crippen MR) is 55.3 cm³/mol. The monoisotopic (exact) mass is 175 g/mol. The molecule has 1 atom stereocenters. The van der Waals surface area contributed by atoms with E-state index in [1.54, 1.807) is 0 Å². The summed E-state index contributed by atoms with van der Waals surface area (Å²) in [5.74, 6) is 0. The van der Waals surface area contributed by atoms with Crippen molar-refractivity contribution < 1.29 is 4.58 Å². The quantitative estimate of drug-likeness (QED) is 0.500. The highest BCUT2D eigenvalue weighted by Gasteiger charge is 2.31. The van der Waals surface area contributed by atoms with Gasteiger partial charge in [0.2, 0.25) is 0 Å². The summed E-state index contributed by atoms with van der Waals surface area (Å²) < 4.78 is 2.14. The Hall–Kier alpha value is -1.18. The van der Waals surface area contributed by atoms with E-state index in [1.807, 2.05) is 12.2 Å². The van der Waals surface area contributed by atoms with Crippen LogP contribution in [0.25, 0.3) is 0 Å². The average Bonchev–Trinajstić information content (AvgIpc) is 2.45. The lowest BCUT2D eigenvalue weighted by atomic mass is 9.91. The zero-order chi connectivity index (χ0) is 9.47. The summed E-state index contributed by atoms with van der Waals surface area (Å²) in [4.78, 5) is 4.63. The van der Waals surface area contributed by atoms with Crippen LogP contribution >= 0.6 is 0 Å². The summed E-state index contributed by atoms with van der Waals surface area (Å²) in [5, 5.41) is 0. The van der Waals surface area contributed by atoms with Crippen molar-refractivity contribution in [1.29, 1.82) is 0 Å². The van der Waals surface area contributed by atoms with Crippen molar-refractivity contribution in [3.8, 4) is 0 Å². The van der Waals surface area contributed by atoms with Crippen LogP contribution in [0.4, 0.5) is 0 Å². The molecule has 0 bridgehead atoms. The number of hydrogen-bond donors (Lipinski definition) is 0. The minimum atomic E-state index is 0.152. The maximum Gasteiger partial charge on any atom is 0.270 e. The van der Waals surface area contributed by atoms with Crippen molar-refractivity contribution in [2.24, 2.45) is 10.4 Å². The largest absolute Gasteiger partial charge is 0.270 e. The van der Waals surface area contributed by atoms with Gasteiger partial charge in [0.05, 0.1) is 0 Å². The molecule has 1 unspecified atom stereocenters. The SMILES string of the molecule is CC(C)(C)C1=NC2C=CC=C[N+]2=C1. The van der Waals surface area contributed by atoms with Gasteiger partial charge in [-0.05, 0) is 0 Å². The maximum atomic E-state index is 4.63. The molecule has 0 spiro atoms. The van der Waals surface area contributed by atoms with Crippen LogP contribution in [0, 0.1) is 5.41 Å². The molecule has 0 fully saturated rings. The van der Waals surface area contributed by atoms with Gasteiger partial charge in [-0.15, -0.1) is 0 Å². The van der Waals surface area contributed by atoms with Crippen LogP contribution in [-0.4, -0.2) is 22.7 Å². The van der Waals surface area contributed by atoms with Gasteiger partial charge in [-0.2, -0.15) is 4.58 Å². The molecule has 0 aliphatic carbocycles. The molecule has 2 heteroatoms. The van der Waals surface area contributed by atoms with Crippen LogP contribution in [0.5, 0.6) is 0 Å². The Morgan fingerprint density at radius 3 is 2.69 bits per heavy atom. The van der Waals surface area contributed by atoms with E-state index in [9.17, 15) is 0 Å². The van der Waals surface area contributed by atoms with E-state index in [2.05, 4.69) is 48.8 Å². The van der Waals surface area contributed by atoms with Crippen LogP contribution < -0.4 is 0 Å². The van der Waals surface area contributed by atoms with E-state index in [0.717, 1.165) is 0 Å². The number of nitrogens with zero attached hydrogens (tertiary/aromatic N) is 2. The first-order chi connectivity index (χ1) is 6.07. The Balaban J connectivity index is 2.33. The molecule has 68 valence electrons. The predicted octanol–water partition coefficient (Wildman–Crippen LogP) is 1.98. The van der Waals surface area contributed by atoms with Crippen molar-refractivity contribution in [1.82, 2.24) is 0 Å². The molecule has 2 aliphatic rings. The molecule has 2 rings (SSSR count). The van der Waals surface area contributed by atoms with Crippen molar-refractivity contribution in [3.05, 3.63) is 24.4 Å². The highest BCUT2D eigenvalue weighted by Crippen LogP contribution is 2.20. The molecule has 0 aromatic carbocycles. The minimum Gasteiger partial charge on any atom is -0.211 e. The number of aliphatic imine (C=N–C) groups is 1. The molecule has 0 N–H and O–H groups in total. The lowest BCUT2D eigenvalue weighted by molar-refractivity contribution is -0.476. The van der Waals surface area contributed by atoms with Gasteiger partial charge in [0, 0.05) is 17.6 Å². The summed E-state index contributed by atoms with van der Waals surface area (Å²) >= 11 is 0. The Morgan fingerprint density at radius 1 is 1.31 bits per heavy atom. The number of hydrogen-bond acceptors (Lipinski definition) is 1. The van der Waals surface area contributed by atoms with Gasteiger partial charge in [0.1, 0.15) is 5.71 Å². The summed E-state index contributed by atoms with van der Waals surface area (Å²) in [6.07, 6.45) is 10.6. The van der Waals surface area contributed by atoms with Crippen molar-refractivity contribution in [2.75, 3.05) is 0 Å². The fraction of sp³-hybridized carbons (Fsp3) is 0.455. The summed E-state index contributed by atoms with van der Waals surface area (Å²) in [7, 11) is 0. The Bertz CT molecular complexity index is 338. The zero-order valence-corrected chi connectivity index (χ0v) is 8.36. The molecule has 2 aliphatic heterocycles.